The minimum Gasteiger partial charge on any atom is -0.347 e. The minimum atomic E-state index is -0.523. The lowest BCUT2D eigenvalue weighted by molar-refractivity contribution is -0.139. The molecule has 0 bridgehead atoms. The van der Waals surface area contributed by atoms with Gasteiger partial charge in [0.2, 0.25) is 0 Å². The number of aromatic amines is 1. The number of nitrogens with zero attached hydrogens (tertiary/aromatic N) is 1. The average Bonchev–Trinajstić information content (AvgIpc) is 2.96. The number of imidazole rings is 1. The number of benzene rings is 1. The number of hydrogen-bond acceptors (Lipinski definition) is 3. The first-order valence-electron chi connectivity index (χ1n) is 6.06. The van der Waals surface area contributed by atoms with Gasteiger partial charge in [0.15, 0.2) is 5.79 Å². The summed E-state index contributed by atoms with van der Waals surface area (Å²) in [5.74, 6) is 0.295. The van der Waals surface area contributed by atoms with Crippen molar-refractivity contribution in [3.8, 4) is 11.3 Å². The van der Waals surface area contributed by atoms with Gasteiger partial charge in [-0.05, 0) is 19.4 Å². The highest BCUT2D eigenvalue weighted by Gasteiger charge is 2.35. The number of H-pyrrole nitrogens is 1. The third-order valence-corrected chi connectivity index (χ3v) is 2.99. The molecular weight excluding hydrogens is 228 g/mol. The Kier molecular flexibility index (Phi) is 2.69. The molecule has 2 heterocycles. The van der Waals surface area contributed by atoms with Crippen molar-refractivity contribution in [2.45, 2.75) is 25.7 Å². The van der Waals surface area contributed by atoms with Crippen molar-refractivity contribution in [2.24, 2.45) is 0 Å². The molecule has 1 aliphatic heterocycles. The van der Waals surface area contributed by atoms with Crippen molar-refractivity contribution in [2.75, 3.05) is 6.61 Å². The molecule has 1 saturated heterocycles. The van der Waals surface area contributed by atoms with E-state index in [0.717, 1.165) is 17.1 Å². The smallest absolute Gasteiger partial charge is 0.164 e. The second-order valence-corrected chi connectivity index (χ2v) is 4.87. The molecule has 0 aliphatic carbocycles. The van der Waals surface area contributed by atoms with Gasteiger partial charge in [0.25, 0.3) is 0 Å². The van der Waals surface area contributed by atoms with Crippen molar-refractivity contribution < 1.29 is 9.47 Å². The Labute approximate surface area is 106 Å². The maximum Gasteiger partial charge on any atom is 0.164 e. The molecule has 1 N–H and O–H groups in total. The van der Waals surface area contributed by atoms with Crippen LogP contribution in [0.2, 0.25) is 0 Å². The highest BCUT2D eigenvalue weighted by Crippen LogP contribution is 2.32. The van der Waals surface area contributed by atoms with E-state index in [2.05, 4.69) is 9.97 Å². The second-order valence-electron chi connectivity index (χ2n) is 4.87. The van der Waals surface area contributed by atoms with Gasteiger partial charge in [-0.25, -0.2) is 4.98 Å². The lowest BCUT2D eigenvalue weighted by Gasteiger charge is -2.16. The van der Waals surface area contributed by atoms with Crippen molar-refractivity contribution in [3.05, 3.63) is 42.4 Å². The first-order valence-corrected chi connectivity index (χ1v) is 6.06. The highest BCUT2D eigenvalue weighted by atomic mass is 16.7. The third kappa shape index (κ3) is 2.17. The monoisotopic (exact) mass is 244 g/mol. The molecule has 0 spiro atoms. The number of aromatic nitrogens is 2. The van der Waals surface area contributed by atoms with Crippen LogP contribution in [0.4, 0.5) is 0 Å². The first kappa shape index (κ1) is 11.4. The lowest BCUT2D eigenvalue weighted by atomic mass is 10.2. The summed E-state index contributed by atoms with van der Waals surface area (Å²) >= 11 is 0. The van der Waals surface area contributed by atoms with E-state index in [1.165, 1.54) is 0 Å². The fraction of sp³-hybridized carbons (Fsp3) is 0.357. The van der Waals surface area contributed by atoms with E-state index in [4.69, 9.17) is 9.47 Å². The van der Waals surface area contributed by atoms with Crippen LogP contribution in [0.5, 0.6) is 0 Å². The summed E-state index contributed by atoms with van der Waals surface area (Å²) in [5, 5.41) is 0. The van der Waals surface area contributed by atoms with Gasteiger partial charge in [-0.3, -0.25) is 0 Å². The van der Waals surface area contributed by atoms with Crippen molar-refractivity contribution in [3.63, 3.8) is 0 Å². The van der Waals surface area contributed by atoms with Gasteiger partial charge in [-0.15, -0.1) is 0 Å². The molecule has 94 valence electrons. The van der Waals surface area contributed by atoms with Gasteiger partial charge in [0.05, 0.1) is 18.5 Å². The van der Waals surface area contributed by atoms with Crippen molar-refractivity contribution in [1.82, 2.24) is 9.97 Å². The Bertz CT molecular complexity index is 534. The zero-order valence-corrected chi connectivity index (χ0v) is 10.5. The molecule has 4 nitrogen and oxygen atoms in total. The third-order valence-electron chi connectivity index (χ3n) is 2.99. The Hall–Kier alpha value is -1.65. The Balaban J connectivity index is 1.83. The van der Waals surface area contributed by atoms with E-state index in [9.17, 15) is 0 Å². The quantitative estimate of drug-likeness (QED) is 0.883. The molecule has 1 fully saturated rings. The molecule has 1 atom stereocenters. The molecule has 3 rings (SSSR count). The molecule has 0 radical (unpaired) electrons. The summed E-state index contributed by atoms with van der Waals surface area (Å²) in [5.41, 5.74) is 2.12. The largest absolute Gasteiger partial charge is 0.347 e. The first-order chi connectivity index (χ1) is 8.64. The number of ether oxygens (including phenoxy) is 2. The zero-order valence-electron chi connectivity index (χ0n) is 10.5. The maximum atomic E-state index is 5.77. The van der Waals surface area contributed by atoms with Crippen LogP contribution in [0.25, 0.3) is 11.3 Å². The molecule has 4 heteroatoms. The Morgan fingerprint density at radius 2 is 2.06 bits per heavy atom. The Morgan fingerprint density at radius 1 is 1.28 bits per heavy atom. The van der Waals surface area contributed by atoms with Crippen LogP contribution in [0.3, 0.4) is 0 Å². The summed E-state index contributed by atoms with van der Waals surface area (Å²) < 4.78 is 11.3. The lowest BCUT2D eigenvalue weighted by Crippen LogP contribution is -2.19. The number of nitrogens with one attached hydrogen (secondary N) is 1. The van der Waals surface area contributed by atoms with Gasteiger partial charge in [0, 0.05) is 0 Å². The molecule has 2 aromatic rings. The summed E-state index contributed by atoms with van der Waals surface area (Å²) in [6.07, 6.45) is 1.72. The average molecular weight is 244 g/mol. The number of hydrogen-bond donors (Lipinski definition) is 1. The van der Waals surface area contributed by atoms with Gasteiger partial charge in [0.1, 0.15) is 11.9 Å². The van der Waals surface area contributed by atoms with E-state index >= 15 is 0 Å². The van der Waals surface area contributed by atoms with Crippen molar-refractivity contribution in [1.29, 1.82) is 0 Å². The van der Waals surface area contributed by atoms with Crippen LogP contribution in [0, 0.1) is 0 Å². The summed E-state index contributed by atoms with van der Waals surface area (Å²) in [7, 11) is 0. The van der Waals surface area contributed by atoms with Gasteiger partial charge >= 0.3 is 0 Å². The van der Waals surface area contributed by atoms with Gasteiger partial charge < -0.3 is 14.5 Å². The molecule has 1 aromatic carbocycles. The summed E-state index contributed by atoms with van der Waals surface area (Å²) in [6, 6.07) is 10.1. The predicted molar refractivity (Wildman–Crippen MR) is 67.9 cm³/mol. The molecule has 0 saturated carbocycles. The second kappa shape index (κ2) is 4.23. The maximum absolute atomic E-state index is 5.77. The summed E-state index contributed by atoms with van der Waals surface area (Å²) in [4.78, 5) is 7.67. The molecule has 18 heavy (non-hydrogen) atoms. The fourth-order valence-corrected chi connectivity index (χ4v) is 2.09. The molecule has 1 aromatic heterocycles. The minimum absolute atomic E-state index is 0.113. The summed E-state index contributed by atoms with van der Waals surface area (Å²) in [6.45, 7) is 4.36. The number of rotatable bonds is 2. The predicted octanol–water partition coefficient (Wildman–Crippen LogP) is 2.90. The van der Waals surface area contributed by atoms with Crippen LogP contribution in [-0.4, -0.2) is 22.4 Å². The molecule has 0 amide bonds. The van der Waals surface area contributed by atoms with Gasteiger partial charge in [-0.1, -0.05) is 30.3 Å². The van der Waals surface area contributed by atoms with Crippen LogP contribution in [0.1, 0.15) is 25.8 Å². The van der Waals surface area contributed by atoms with Crippen LogP contribution >= 0.6 is 0 Å². The standard InChI is InChI=1S/C14H16N2O2/c1-14(2)17-9-12(18-14)13-15-8-11(16-13)10-6-4-3-5-7-10/h3-8,12H,9H2,1-2H3,(H,15,16)/t12-/m1/s1. The molecule has 0 unspecified atom stereocenters. The van der Waals surface area contributed by atoms with E-state index in [1.54, 1.807) is 0 Å². The van der Waals surface area contributed by atoms with Crippen molar-refractivity contribution >= 4 is 0 Å². The van der Waals surface area contributed by atoms with E-state index in [1.807, 2.05) is 50.4 Å². The molecule has 1 aliphatic rings. The van der Waals surface area contributed by atoms with E-state index in [-0.39, 0.29) is 6.10 Å². The Morgan fingerprint density at radius 3 is 2.72 bits per heavy atom. The van der Waals surface area contributed by atoms with Crippen LogP contribution in [0.15, 0.2) is 36.5 Å². The van der Waals surface area contributed by atoms with Crippen LogP contribution in [-0.2, 0) is 9.47 Å². The topological polar surface area (TPSA) is 47.1 Å². The SMILES string of the molecule is CC1(C)OC[C@H](c2ncc(-c3ccccc3)[nH]2)O1. The zero-order chi connectivity index (χ0) is 12.6. The van der Waals surface area contributed by atoms with Crippen LogP contribution < -0.4 is 0 Å². The fourth-order valence-electron chi connectivity index (χ4n) is 2.09. The van der Waals surface area contributed by atoms with E-state index < -0.39 is 5.79 Å². The highest BCUT2D eigenvalue weighted by molar-refractivity contribution is 5.58. The van der Waals surface area contributed by atoms with Gasteiger partial charge in [-0.2, -0.15) is 0 Å². The normalized spacial score (nSPS) is 22.2. The van der Waals surface area contributed by atoms with E-state index in [0.29, 0.717) is 6.61 Å². The molecular formula is C14H16N2O2.